The Labute approximate surface area is 139 Å². The van der Waals surface area contributed by atoms with Gasteiger partial charge < -0.3 is 15.1 Å². The van der Waals surface area contributed by atoms with Crippen LogP contribution in [-0.2, 0) is 18.4 Å². The molecule has 0 spiro atoms. The zero-order valence-corrected chi connectivity index (χ0v) is 13.8. The van der Waals surface area contributed by atoms with Crippen LogP contribution in [0.2, 0.25) is 0 Å². The minimum Gasteiger partial charge on any atom is -0.354 e. The zero-order valence-electron chi connectivity index (χ0n) is 13.8. The summed E-state index contributed by atoms with van der Waals surface area (Å²) in [4.78, 5) is 24.3. The highest BCUT2D eigenvalue weighted by Crippen LogP contribution is 2.15. The average Bonchev–Trinajstić information content (AvgIpc) is 3.23. The summed E-state index contributed by atoms with van der Waals surface area (Å²) in [5.41, 5.74) is 0.830. The number of amides is 1. The number of piperazine rings is 1. The Morgan fingerprint density at radius 1 is 1.38 bits per heavy atom. The van der Waals surface area contributed by atoms with Crippen molar-refractivity contribution in [1.29, 1.82) is 0 Å². The number of aromatic nitrogens is 5. The van der Waals surface area contributed by atoms with Gasteiger partial charge in [-0.15, -0.1) is 0 Å². The monoisotopic (exact) mass is 331 g/mol. The van der Waals surface area contributed by atoms with Crippen molar-refractivity contribution < 1.29 is 4.79 Å². The summed E-state index contributed by atoms with van der Waals surface area (Å²) < 4.78 is 3.44. The standard InChI is InChI=1S/C14H21N9O/c1-15-14(17-3-4-22-11-16-10-19-22)21-5-6-23(13(24)9-21)12-7-18-20(2)8-12/h7-8,10-11H,3-6,9H2,1-2H3,(H,15,17). The highest BCUT2D eigenvalue weighted by molar-refractivity contribution is 5.98. The summed E-state index contributed by atoms with van der Waals surface area (Å²) >= 11 is 0. The van der Waals surface area contributed by atoms with E-state index in [0.717, 1.165) is 5.69 Å². The number of rotatable bonds is 4. The van der Waals surface area contributed by atoms with Crippen LogP contribution in [0, 0.1) is 0 Å². The molecule has 2 aromatic heterocycles. The molecule has 1 aliphatic rings. The van der Waals surface area contributed by atoms with Crippen molar-refractivity contribution in [3.05, 3.63) is 25.0 Å². The van der Waals surface area contributed by atoms with E-state index in [2.05, 4.69) is 25.5 Å². The maximum absolute atomic E-state index is 12.4. The van der Waals surface area contributed by atoms with E-state index < -0.39 is 0 Å². The summed E-state index contributed by atoms with van der Waals surface area (Å²) in [6.45, 7) is 2.95. The van der Waals surface area contributed by atoms with Crippen LogP contribution < -0.4 is 10.2 Å². The second-order valence-electron chi connectivity index (χ2n) is 5.47. The lowest BCUT2D eigenvalue weighted by Gasteiger charge is -2.35. The van der Waals surface area contributed by atoms with Crippen molar-refractivity contribution >= 4 is 17.6 Å². The third-order valence-corrected chi connectivity index (χ3v) is 3.83. The quantitative estimate of drug-likeness (QED) is 0.566. The number of nitrogens with one attached hydrogen (secondary N) is 1. The molecule has 1 amide bonds. The Morgan fingerprint density at radius 3 is 2.88 bits per heavy atom. The van der Waals surface area contributed by atoms with Gasteiger partial charge in [0.05, 0.1) is 18.4 Å². The number of carbonyl (C=O) groups excluding carboxylic acids is 1. The van der Waals surface area contributed by atoms with Crippen LogP contribution in [0.15, 0.2) is 30.0 Å². The molecule has 1 aliphatic heterocycles. The highest BCUT2D eigenvalue weighted by atomic mass is 16.2. The van der Waals surface area contributed by atoms with Gasteiger partial charge in [-0.25, -0.2) is 4.98 Å². The number of hydrogen-bond acceptors (Lipinski definition) is 5. The fraction of sp³-hybridized carbons (Fsp3) is 0.500. The first kappa shape index (κ1) is 16.0. The maximum Gasteiger partial charge on any atom is 0.246 e. The van der Waals surface area contributed by atoms with E-state index in [1.54, 1.807) is 33.8 Å². The number of aliphatic imine (C=N–C) groups is 1. The van der Waals surface area contributed by atoms with Gasteiger partial charge in [-0.2, -0.15) is 10.2 Å². The molecule has 3 heterocycles. The van der Waals surface area contributed by atoms with E-state index >= 15 is 0 Å². The second-order valence-corrected chi connectivity index (χ2v) is 5.47. The number of carbonyl (C=O) groups is 1. The molecule has 0 aromatic carbocycles. The van der Waals surface area contributed by atoms with Crippen molar-refractivity contribution in [2.45, 2.75) is 6.54 Å². The van der Waals surface area contributed by atoms with Gasteiger partial charge in [0.1, 0.15) is 19.2 Å². The molecule has 0 unspecified atom stereocenters. The number of nitrogens with zero attached hydrogens (tertiary/aromatic N) is 8. The maximum atomic E-state index is 12.4. The summed E-state index contributed by atoms with van der Waals surface area (Å²) in [5.74, 6) is 0.753. The molecule has 128 valence electrons. The molecule has 10 heteroatoms. The lowest BCUT2D eigenvalue weighted by molar-refractivity contribution is -0.120. The lowest BCUT2D eigenvalue weighted by Crippen LogP contribution is -2.55. The Bertz CT molecular complexity index is 706. The second kappa shape index (κ2) is 7.11. The molecular weight excluding hydrogens is 310 g/mol. The number of hydrogen-bond donors (Lipinski definition) is 1. The van der Waals surface area contributed by atoms with E-state index in [-0.39, 0.29) is 12.5 Å². The predicted molar refractivity (Wildman–Crippen MR) is 88.5 cm³/mol. The van der Waals surface area contributed by atoms with Gasteiger partial charge in [0.2, 0.25) is 5.91 Å². The smallest absolute Gasteiger partial charge is 0.246 e. The third-order valence-electron chi connectivity index (χ3n) is 3.83. The minimum atomic E-state index is 0.0356. The van der Waals surface area contributed by atoms with Crippen LogP contribution in [0.5, 0.6) is 0 Å². The molecule has 10 nitrogen and oxygen atoms in total. The molecular formula is C14H21N9O. The van der Waals surface area contributed by atoms with E-state index in [1.807, 2.05) is 18.1 Å². The summed E-state index contributed by atoms with van der Waals surface area (Å²) in [5, 5.41) is 11.4. The van der Waals surface area contributed by atoms with E-state index in [4.69, 9.17) is 0 Å². The molecule has 0 aliphatic carbocycles. The van der Waals surface area contributed by atoms with Crippen LogP contribution in [0.1, 0.15) is 0 Å². The van der Waals surface area contributed by atoms with Gasteiger partial charge in [-0.1, -0.05) is 0 Å². The van der Waals surface area contributed by atoms with Crippen LogP contribution in [-0.4, -0.2) is 74.5 Å². The molecule has 1 N–H and O–H groups in total. The number of guanidine groups is 1. The Kier molecular flexibility index (Phi) is 4.73. The molecule has 3 rings (SSSR count). The predicted octanol–water partition coefficient (Wildman–Crippen LogP) is -1.06. The van der Waals surface area contributed by atoms with Crippen LogP contribution in [0.4, 0.5) is 5.69 Å². The fourth-order valence-corrected chi connectivity index (χ4v) is 2.64. The van der Waals surface area contributed by atoms with Crippen LogP contribution >= 0.6 is 0 Å². The largest absolute Gasteiger partial charge is 0.354 e. The van der Waals surface area contributed by atoms with E-state index in [9.17, 15) is 4.79 Å². The molecule has 0 saturated carbocycles. The first-order valence-electron chi connectivity index (χ1n) is 7.74. The summed E-state index contributed by atoms with van der Waals surface area (Å²) in [6.07, 6.45) is 6.73. The van der Waals surface area contributed by atoms with E-state index in [1.165, 1.54) is 6.33 Å². The van der Waals surface area contributed by atoms with Crippen LogP contribution in [0.25, 0.3) is 0 Å². The third kappa shape index (κ3) is 3.53. The lowest BCUT2D eigenvalue weighted by atomic mass is 10.3. The summed E-state index contributed by atoms with van der Waals surface area (Å²) in [7, 11) is 3.56. The highest BCUT2D eigenvalue weighted by Gasteiger charge is 2.27. The van der Waals surface area contributed by atoms with Crippen molar-refractivity contribution in [3.63, 3.8) is 0 Å². The van der Waals surface area contributed by atoms with Gasteiger partial charge in [0, 0.05) is 39.9 Å². The Morgan fingerprint density at radius 2 is 2.25 bits per heavy atom. The fourth-order valence-electron chi connectivity index (χ4n) is 2.64. The molecule has 24 heavy (non-hydrogen) atoms. The van der Waals surface area contributed by atoms with Crippen molar-refractivity contribution in [2.24, 2.45) is 12.0 Å². The minimum absolute atomic E-state index is 0.0356. The normalized spacial score (nSPS) is 15.9. The van der Waals surface area contributed by atoms with Gasteiger partial charge in [-0.3, -0.25) is 19.2 Å². The van der Waals surface area contributed by atoms with Crippen molar-refractivity contribution in [3.8, 4) is 0 Å². The molecule has 1 saturated heterocycles. The van der Waals surface area contributed by atoms with Gasteiger partial charge >= 0.3 is 0 Å². The average molecular weight is 331 g/mol. The van der Waals surface area contributed by atoms with Crippen LogP contribution in [0.3, 0.4) is 0 Å². The van der Waals surface area contributed by atoms with E-state index in [0.29, 0.717) is 32.1 Å². The van der Waals surface area contributed by atoms with Gasteiger partial charge in [-0.05, 0) is 0 Å². The number of anilines is 1. The summed E-state index contributed by atoms with van der Waals surface area (Å²) in [6, 6.07) is 0. The Balaban J connectivity index is 1.54. The van der Waals surface area contributed by atoms with Crippen molar-refractivity contribution in [2.75, 3.05) is 38.1 Å². The molecule has 0 radical (unpaired) electrons. The first-order chi connectivity index (χ1) is 11.7. The zero-order chi connectivity index (χ0) is 16.9. The number of aryl methyl sites for hydroxylation is 1. The van der Waals surface area contributed by atoms with Crippen molar-refractivity contribution in [1.82, 2.24) is 34.8 Å². The Hall–Kier alpha value is -2.91. The molecule has 0 bridgehead atoms. The topological polar surface area (TPSA) is 96.5 Å². The molecule has 0 atom stereocenters. The SMILES string of the molecule is CN=C(NCCn1cncn1)N1CCN(c2cnn(C)c2)C(=O)C1. The van der Waals surface area contributed by atoms with Gasteiger partial charge in [0.25, 0.3) is 0 Å². The van der Waals surface area contributed by atoms with Gasteiger partial charge in [0.15, 0.2) is 5.96 Å². The first-order valence-corrected chi connectivity index (χ1v) is 7.74. The molecule has 1 fully saturated rings. The molecule has 2 aromatic rings.